The first-order valence-electron chi connectivity index (χ1n) is 9.13. The minimum absolute atomic E-state index is 0.0262. The summed E-state index contributed by atoms with van der Waals surface area (Å²) in [4.78, 5) is 14.9. The number of rotatable bonds is 3. The molecule has 1 atom stereocenters. The first-order valence-corrected chi connectivity index (χ1v) is 9.13. The second kappa shape index (κ2) is 5.71. The molecule has 0 bridgehead atoms. The third-order valence-electron chi connectivity index (χ3n) is 5.37. The lowest BCUT2D eigenvalue weighted by Gasteiger charge is -2.27. The van der Waals surface area contributed by atoms with Crippen LogP contribution in [0.1, 0.15) is 46.5 Å². The van der Waals surface area contributed by atoms with E-state index in [1.54, 1.807) is 0 Å². The number of hydrogen-bond acceptors (Lipinski definition) is 4. The van der Waals surface area contributed by atoms with Gasteiger partial charge in [-0.2, -0.15) is 5.10 Å². The minimum Gasteiger partial charge on any atom is -0.461 e. The normalized spacial score (nSPS) is 18.2. The van der Waals surface area contributed by atoms with Gasteiger partial charge in [0.1, 0.15) is 17.4 Å². The van der Waals surface area contributed by atoms with Crippen LogP contribution in [0.4, 0.5) is 0 Å². The zero-order chi connectivity index (χ0) is 17.8. The Balaban J connectivity index is 1.42. The molecular weight excluding hydrogens is 330 g/mol. The molecule has 0 saturated heterocycles. The van der Waals surface area contributed by atoms with Crippen molar-refractivity contribution in [1.29, 1.82) is 0 Å². The molecule has 0 radical (unpaired) electrons. The number of amides is 1. The smallest absolute Gasteiger partial charge is 0.258 e. The Bertz CT molecular complexity index is 999. The highest BCUT2D eigenvalue weighted by Crippen LogP contribution is 2.40. The number of benzene rings is 1. The van der Waals surface area contributed by atoms with Crippen molar-refractivity contribution in [2.45, 2.75) is 39.0 Å². The number of carbonyl (C=O) groups excluding carboxylic acids is 1. The molecule has 1 aliphatic heterocycles. The molecule has 1 fully saturated rings. The monoisotopic (exact) mass is 351 g/mol. The fourth-order valence-corrected chi connectivity index (χ4v) is 3.79. The predicted molar refractivity (Wildman–Crippen MR) is 95.6 cm³/mol. The summed E-state index contributed by atoms with van der Waals surface area (Å²) in [6, 6.07) is 9.56. The van der Waals surface area contributed by atoms with Crippen molar-refractivity contribution in [2.24, 2.45) is 5.92 Å². The van der Waals surface area contributed by atoms with Gasteiger partial charge < -0.3 is 14.4 Å². The van der Waals surface area contributed by atoms with Crippen molar-refractivity contribution < 1.29 is 14.3 Å². The summed E-state index contributed by atoms with van der Waals surface area (Å²) >= 11 is 0. The fraction of sp³-hybridized carbons (Fsp3) is 0.400. The average Bonchev–Trinajstić information content (AvgIpc) is 3.28. The lowest BCUT2D eigenvalue weighted by molar-refractivity contribution is 0.0706. The second-order valence-electron chi connectivity index (χ2n) is 7.37. The summed E-state index contributed by atoms with van der Waals surface area (Å²) in [6.07, 6.45) is 1.67. The van der Waals surface area contributed by atoms with Crippen LogP contribution in [0.3, 0.4) is 0 Å². The minimum atomic E-state index is -0.475. The lowest BCUT2D eigenvalue weighted by Crippen LogP contribution is -2.38. The zero-order valence-electron chi connectivity index (χ0n) is 14.7. The zero-order valence-corrected chi connectivity index (χ0v) is 14.7. The molecule has 6 heteroatoms. The van der Waals surface area contributed by atoms with Crippen LogP contribution in [0.2, 0.25) is 0 Å². The van der Waals surface area contributed by atoms with Crippen LogP contribution in [0.25, 0.3) is 11.0 Å². The highest BCUT2D eigenvalue weighted by Gasteiger charge is 2.34. The van der Waals surface area contributed by atoms with E-state index in [2.05, 4.69) is 5.10 Å². The van der Waals surface area contributed by atoms with E-state index in [1.807, 2.05) is 46.8 Å². The first-order chi connectivity index (χ1) is 12.6. The summed E-state index contributed by atoms with van der Waals surface area (Å²) in [7, 11) is 0. The summed E-state index contributed by atoms with van der Waals surface area (Å²) in [6.45, 7) is 3.63. The maximum atomic E-state index is 13.1. The van der Waals surface area contributed by atoms with Crippen molar-refractivity contribution in [3.05, 3.63) is 53.0 Å². The highest BCUT2D eigenvalue weighted by molar-refractivity contribution is 6.05. The third kappa shape index (κ3) is 2.52. The maximum absolute atomic E-state index is 13.1. The largest absolute Gasteiger partial charge is 0.461 e. The molecule has 1 amide bonds. The molecule has 26 heavy (non-hydrogen) atoms. The number of furan rings is 1. The lowest BCUT2D eigenvalue weighted by atomic mass is 10.1. The average molecular weight is 351 g/mol. The molecule has 1 saturated carbocycles. The third-order valence-corrected chi connectivity index (χ3v) is 5.37. The van der Waals surface area contributed by atoms with Crippen LogP contribution in [-0.2, 0) is 13.1 Å². The first kappa shape index (κ1) is 15.6. The van der Waals surface area contributed by atoms with Gasteiger partial charge in [-0.25, -0.2) is 0 Å². The van der Waals surface area contributed by atoms with Crippen molar-refractivity contribution in [3.63, 3.8) is 0 Å². The van der Waals surface area contributed by atoms with E-state index in [0.717, 1.165) is 35.4 Å². The van der Waals surface area contributed by atoms with Gasteiger partial charge in [0.05, 0.1) is 30.0 Å². The molecule has 1 aromatic carbocycles. The van der Waals surface area contributed by atoms with Gasteiger partial charge >= 0.3 is 0 Å². The SMILES string of the molecule is Cc1cc2cccc(C(=O)N3CCn4nc(C(O)C5CC5)cc4C3)c2o1. The Morgan fingerprint density at radius 1 is 1.31 bits per heavy atom. The summed E-state index contributed by atoms with van der Waals surface area (Å²) in [5.74, 6) is 1.13. The maximum Gasteiger partial charge on any atom is 0.258 e. The molecule has 3 aromatic rings. The highest BCUT2D eigenvalue weighted by atomic mass is 16.3. The Morgan fingerprint density at radius 3 is 2.96 bits per heavy atom. The number of carbonyl (C=O) groups is 1. The molecule has 1 N–H and O–H groups in total. The molecule has 0 spiro atoms. The summed E-state index contributed by atoms with van der Waals surface area (Å²) in [5.41, 5.74) is 2.96. The number of aromatic nitrogens is 2. The number of nitrogens with zero attached hydrogens (tertiary/aromatic N) is 3. The molecule has 3 heterocycles. The number of aliphatic hydroxyl groups excluding tert-OH is 1. The van der Waals surface area contributed by atoms with Gasteiger partial charge in [0.2, 0.25) is 0 Å². The fourth-order valence-electron chi connectivity index (χ4n) is 3.79. The molecule has 2 aromatic heterocycles. The number of aryl methyl sites for hydroxylation is 1. The van der Waals surface area contributed by atoms with E-state index >= 15 is 0 Å². The van der Waals surface area contributed by atoms with E-state index in [-0.39, 0.29) is 5.91 Å². The van der Waals surface area contributed by atoms with E-state index in [4.69, 9.17) is 4.42 Å². The van der Waals surface area contributed by atoms with Crippen LogP contribution in [0, 0.1) is 12.8 Å². The van der Waals surface area contributed by atoms with Gasteiger partial charge in [-0.15, -0.1) is 0 Å². The van der Waals surface area contributed by atoms with Gasteiger partial charge in [0.25, 0.3) is 5.91 Å². The number of hydrogen-bond donors (Lipinski definition) is 1. The van der Waals surface area contributed by atoms with E-state index < -0.39 is 6.10 Å². The van der Waals surface area contributed by atoms with Crippen LogP contribution < -0.4 is 0 Å². The van der Waals surface area contributed by atoms with E-state index in [1.165, 1.54) is 0 Å². The molecular formula is C20H21N3O3. The summed E-state index contributed by atoms with van der Waals surface area (Å²) < 4.78 is 7.67. The van der Waals surface area contributed by atoms with Crippen LogP contribution in [0.5, 0.6) is 0 Å². The Hall–Kier alpha value is -2.60. The topological polar surface area (TPSA) is 71.5 Å². The Labute approximate surface area is 151 Å². The van der Waals surface area contributed by atoms with Gasteiger partial charge in [-0.1, -0.05) is 12.1 Å². The van der Waals surface area contributed by atoms with Crippen molar-refractivity contribution in [1.82, 2.24) is 14.7 Å². The van der Waals surface area contributed by atoms with Crippen molar-refractivity contribution in [2.75, 3.05) is 6.54 Å². The van der Waals surface area contributed by atoms with Gasteiger partial charge in [-0.05, 0) is 43.9 Å². The van der Waals surface area contributed by atoms with Gasteiger partial charge in [-0.3, -0.25) is 9.48 Å². The molecule has 6 nitrogen and oxygen atoms in total. The molecule has 5 rings (SSSR count). The number of aliphatic hydroxyl groups is 1. The number of para-hydroxylation sites is 1. The quantitative estimate of drug-likeness (QED) is 0.787. The summed E-state index contributed by atoms with van der Waals surface area (Å²) in [5, 5.41) is 15.8. The van der Waals surface area contributed by atoms with Gasteiger partial charge in [0, 0.05) is 11.9 Å². The van der Waals surface area contributed by atoms with E-state index in [9.17, 15) is 9.90 Å². The van der Waals surface area contributed by atoms with Gasteiger partial charge in [0.15, 0.2) is 0 Å². The molecule has 2 aliphatic rings. The van der Waals surface area contributed by atoms with Crippen molar-refractivity contribution in [3.8, 4) is 0 Å². The second-order valence-corrected chi connectivity index (χ2v) is 7.37. The van der Waals surface area contributed by atoms with Crippen LogP contribution >= 0.6 is 0 Å². The number of fused-ring (bicyclic) bond motifs is 2. The van der Waals surface area contributed by atoms with Crippen LogP contribution in [-0.4, -0.2) is 32.2 Å². The van der Waals surface area contributed by atoms with E-state index in [0.29, 0.717) is 36.7 Å². The Kier molecular flexibility index (Phi) is 3.43. The van der Waals surface area contributed by atoms with Crippen LogP contribution in [0.15, 0.2) is 34.7 Å². The molecule has 1 aliphatic carbocycles. The molecule has 134 valence electrons. The van der Waals surface area contributed by atoms with Crippen molar-refractivity contribution >= 4 is 16.9 Å². The predicted octanol–water partition coefficient (Wildman–Crippen LogP) is 3.04. The Morgan fingerprint density at radius 2 is 2.15 bits per heavy atom. The standard InChI is InChI=1S/C20H21N3O3/c1-12-9-14-3-2-4-16(19(14)26-12)20(25)22-7-8-23-15(11-22)10-17(21-23)18(24)13-5-6-13/h2-4,9-10,13,18,24H,5-8,11H2,1H3. The molecule has 1 unspecified atom stereocenters.